The summed E-state index contributed by atoms with van der Waals surface area (Å²) in [6.45, 7) is 6.73. The Morgan fingerprint density at radius 1 is 1.16 bits per heavy atom. The predicted molar refractivity (Wildman–Crippen MR) is 95.9 cm³/mol. The van der Waals surface area contributed by atoms with Crippen LogP contribution in [0.1, 0.15) is 45.1 Å². The van der Waals surface area contributed by atoms with Crippen LogP contribution in [0, 0.1) is 0 Å². The summed E-state index contributed by atoms with van der Waals surface area (Å²) in [5, 5.41) is 0. The molecule has 25 heavy (non-hydrogen) atoms. The second kappa shape index (κ2) is 6.13. The lowest BCUT2D eigenvalue weighted by atomic mass is 9.94. The molecule has 5 nitrogen and oxygen atoms in total. The van der Waals surface area contributed by atoms with Gasteiger partial charge >= 0.3 is 6.03 Å². The molecular formula is C20H27N3O2. The van der Waals surface area contributed by atoms with Crippen molar-refractivity contribution in [1.29, 1.82) is 0 Å². The minimum absolute atomic E-state index is 0.0312. The maximum Gasteiger partial charge on any atom is 0.327 e. The van der Waals surface area contributed by atoms with Gasteiger partial charge in [0.05, 0.1) is 0 Å². The molecule has 134 valence electrons. The van der Waals surface area contributed by atoms with E-state index in [1.54, 1.807) is 9.80 Å². The van der Waals surface area contributed by atoms with Crippen molar-refractivity contribution < 1.29 is 9.59 Å². The molecule has 3 amide bonds. The molecule has 5 heteroatoms. The van der Waals surface area contributed by atoms with Crippen LogP contribution in [-0.2, 0) is 11.3 Å². The van der Waals surface area contributed by atoms with Crippen LogP contribution in [-0.4, -0.2) is 57.4 Å². The maximum absolute atomic E-state index is 12.9. The van der Waals surface area contributed by atoms with Crippen molar-refractivity contribution in [1.82, 2.24) is 14.7 Å². The molecule has 3 fully saturated rings. The molecule has 0 saturated carbocycles. The Bertz CT molecular complexity index is 677. The van der Waals surface area contributed by atoms with Crippen LogP contribution in [0.2, 0.25) is 0 Å². The Morgan fingerprint density at radius 2 is 1.92 bits per heavy atom. The summed E-state index contributed by atoms with van der Waals surface area (Å²) in [7, 11) is 0. The van der Waals surface area contributed by atoms with Crippen LogP contribution in [0.4, 0.5) is 4.79 Å². The SMILES string of the molecule is C[C@H]1C[C@H](N2C(=O)N3CCC[C@@]3(C)C2=O)CCN1Cc1ccccc1. The number of hydrogen-bond donors (Lipinski definition) is 0. The zero-order valence-electron chi connectivity index (χ0n) is 15.1. The quantitative estimate of drug-likeness (QED) is 0.794. The van der Waals surface area contributed by atoms with E-state index in [9.17, 15) is 9.59 Å². The lowest BCUT2D eigenvalue weighted by molar-refractivity contribution is -0.134. The maximum atomic E-state index is 12.9. The van der Waals surface area contributed by atoms with Crippen molar-refractivity contribution in [3.8, 4) is 0 Å². The summed E-state index contributed by atoms with van der Waals surface area (Å²) >= 11 is 0. The Hall–Kier alpha value is -1.88. The zero-order chi connectivity index (χ0) is 17.6. The van der Waals surface area contributed by atoms with Crippen LogP contribution < -0.4 is 0 Å². The fraction of sp³-hybridized carbons (Fsp3) is 0.600. The fourth-order valence-electron chi connectivity index (χ4n) is 4.77. The third kappa shape index (κ3) is 2.65. The number of piperidine rings is 1. The highest BCUT2D eigenvalue weighted by molar-refractivity contribution is 6.07. The number of urea groups is 1. The van der Waals surface area contributed by atoms with Gasteiger partial charge in [-0.05, 0) is 45.1 Å². The molecule has 3 aliphatic heterocycles. The summed E-state index contributed by atoms with van der Waals surface area (Å²) in [5.41, 5.74) is 0.732. The minimum atomic E-state index is -0.582. The van der Waals surface area contributed by atoms with Gasteiger partial charge in [-0.1, -0.05) is 30.3 Å². The van der Waals surface area contributed by atoms with Crippen molar-refractivity contribution >= 4 is 11.9 Å². The smallest absolute Gasteiger partial charge is 0.310 e. The largest absolute Gasteiger partial charge is 0.327 e. The molecule has 3 aliphatic rings. The highest BCUT2D eigenvalue weighted by atomic mass is 16.2. The lowest BCUT2D eigenvalue weighted by Crippen LogP contribution is -2.51. The van der Waals surface area contributed by atoms with Crippen LogP contribution >= 0.6 is 0 Å². The van der Waals surface area contributed by atoms with Crippen molar-refractivity contribution in [2.75, 3.05) is 13.1 Å². The van der Waals surface area contributed by atoms with E-state index in [1.807, 2.05) is 13.0 Å². The van der Waals surface area contributed by atoms with Crippen LogP contribution in [0.3, 0.4) is 0 Å². The van der Waals surface area contributed by atoms with Crippen molar-refractivity contribution in [3.05, 3.63) is 35.9 Å². The summed E-state index contributed by atoms with van der Waals surface area (Å²) in [4.78, 5) is 31.6. The molecular weight excluding hydrogens is 314 g/mol. The third-order valence-electron chi connectivity index (χ3n) is 6.34. The molecule has 1 aromatic rings. The van der Waals surface area contributed by atoms with E-state index in [-0.39, 0.29) is 18.0 Å². The highest BCUT2D eigenvalue weighted by Gasteiger charge is 2.58. The van der Waals surface area contributed by atoms with E-state index in [1.165, 1.54) is 5.56 Å². The standard InChI is InChI=1S/C20H27N3O2/c1-15-13-17(9-12-21(15)14-16-7-4-3-5-8-16)23-18(24)20(2)10-6-11-22(20)19(23)25/h3-5,7-8,15,17H,6,9-14H2,1-2H3/t15-,17+,20-/m0/s1. The van der Waals surface area contributed by atoms with E-state index in [0.29, 0.717) is 6.04 Å². The van der Waals surface area contributed by atoms with E-state index < -0.39 is 5.54 Å². The van der Waals surface area contributed by atoms with E-state index in [4.69, 9.17) is 0 Å². The number of imide groups is 1. The topological polar surface area (TPSA) is 43.9 Å². The first-order valence-electron chi connectivity index (χ1n) is 9.44. The molecule has 4 rings (SSSR count). The molecule has 0 radical (unpaired) electrons. The summed E-state index contributed by atoms with van der Waals surface area (Å²) in [6.07, 6.45) is 3.48. The molecule has 3 heterocycles. The van der Waals surface area contributed by atoms with Crippen molar-refractivity contribution in [2.24, 2.45) is 0 Å². The molecule has 0 unspecified atom stereocenters. The monoisotopic (exact) mass is 341 g/mol. The normalized spacial score (nSPS) is 33.2. The number of hydrogen-bond acceptors (Lipinski definition) is 3. The van der Waals surface area contributed by atoms with E-state index >= 15 is 0 Å². The molecule has 0 bridgehead atoms. The first kappa shape index (κ1) is 16.6. The van der Waals surface area contributed by atoms with Gasteiger partial charge in [-0.15, -0.1) is 0 Å². The average molecular weight is 341 g/mol. The molecule has 3 saturated heterocycles. The molecule has 1 aromatic carbocycles. The molecule has 0 aliphatic carbocycles. The number of likely N-dealkylation sites (tertiary alicyclic amines) is 1. The number of nitrogens with zero attached hydrogens (tertiary/aromatic N) is 3. The third-order valence-corrected chi connectivity index (χ3v) is 6.34. The summed E-state index contributed by atoms with van der Waals surface area (Å²) in [6, 6.07) is 10.8. The number of rotatable bonds is 3. The van der Waals surface area contributed by atoms with Gasteiger partial charge < -0.3 is 4.90 Å². The van der Waals surface area contributed by atoms with Gasteiger partial charge in [0.25, 0.3) is 5.91 Å². The molecule has 0 N–H and O–H groups in total. The minimum Gasteiger partial charge on any atom is -0.310 e. The number of carbonyl (C=O) groups is 2. The summed E-state index contributed by atoms with van der Waals surface area (Å²) < 4.78 is 0. The Balaban J connectivity index is 1.44. The van der Waals surface area contributed by atoms with Gasteiger partial charge in [0.15, 0.2) is 0 Å². The molecule has 0 spiro atoms. The fourth-order valence-corrected chi connectivity index (χ4v) is 4.77. The van der Waals surface area contributed by atoms with E-state index in [2.05, 4.69) is 36.1 Å². The highest BCUT2D eigenvalue weighted by Crippen LogP contribution is 2.40. The lowest BCUT2D eigenvalue weighted by Gasteiger charge is -2.40. The number of amides is 3. The first-order chi connectivity index (χ1) is 12.0. The Kier molecular flexibility index (Phi) is 4.07. The Morgan fingerprint density at radius 3 is 2.60 bits per heavy atom. The van der Waals surface area contributed by atoms with Crippen molar-refractivity contribution in [3.63, 3.8) is 0 Å². The average Bonchev–Trinajstić information content (AvgIpc) is 3.08. The van der Waals surface area contributed by atoms with Crippen molar-refractivity contribution in [2.45, 2.75) is 63.7 Å². The first-order valence-corrected chi connectivity index (χ1v) is 9.44. The number of benzene rings is 1. The number of fused-ring (bicyclic) bond motifs is 1. The second-order valence-corrected chi connectivity index (χ2v) is 7.97. The Labute approximate surface area is 149 Å². The van der Waals surface area contributed by atoms with Crippen LogP contribution in [0.5, 0.6) is 0 Å². The van der Waals surface area contributed by atoms with E-state index in [0.717, 1.165) is 45.3 Å². The van der Waals surface area contributed by atoms with Crippen LogP contribution in [0.15, 0.2) is 30.3 Å². The van der Waals surface area contributed by atoms with Gasteiger partial charge in [-0.25, -0.2) is 4.79 Å². The van der Waals surface area contributed by atoms with Gasteiger partial charge in [0, 0.05) is 31.7 Å². The van der Waals surface area contributed by atoms with Gasteiger partial charge in [0.2, 0.25) is 0 Å². The van der Waals surface area contributed by atoms with Gasteiger partial charge in [-0.2, -0.15) is 0 Å². The second-order valence-electron chi connectivity index (χ2n) is 7.97. The number of carbonyl (C=O) groups excluding carboxylic acids is 2. The molecule has 3 atom stereocenters. The summed E-state index contributed by atoms with van der Waals surface area (Å²) in [5.74, 6) is 0.0312. The zero-order valence-corrected chi connectivity index (χ0v) is 15.1. The van der Waals surface area contributed by atoms with Crippen LogP contribution in [0.25, 0.3) is 0 Å². The molecule has 0 aromatic heterocycles. The predicted octanol–water partition coefficient (Wildman–Crippen LogP) is 2.86. The van der Waals surface area contributed by atoms with Gasteiger partial charge in [-0.3, -0.25) is 14.6 Å². The van der Waals surface area contributed by atoms with Gasteiger partial charge in [0.1, 0.15) is 5.54 Å².